The molecule has 0 fully saturated rings. The first kappa shape index (κ1) is 22.4. The summed E-state index contributed by atoms with van der Waals surface area (Å²) in [5.41, 5.74) is 8.73. The Balaban J connectivity index is 0.00000300. The fourth-order valence-corrected chi connectivity index (χ4v) is 3.96. The number of anilines is 2. The number of hydrogen-bond donors (Lipinski definition) is 2. The smallest absolute Gasteiger partial charge is 0.408 e. The predicted molar refractivity (Wildman–Crippen MR) is 114 cm³/mol. The third kappa shape index (κ3) is 4.27. The molecule has 2 aromatic rings. The normalized spacial score (nSPS) is 18.0. The van der Waals surface area contributed by atoms with Gasteiger partial charge in [-0.15, -0.1) is 12.4 Å². The zero-order chi connectivity index (χ0) is 20.6. The first-order valence-corrected chi connectivity index (χ1v) is 9.23. The number of carbonyl (C=O) groups is 2. The van der Waals surface area contributed by atoms with E-state index in [0.717, 1.165) is 22.4 Å². The molecule has 3 N–H and O–H groups in total. The second kappa shape index (κ2) is 8.65. The molecule has 2 unspecified atom stereocenters. The minimum atomic E-state index is -0.976. The third-order valence-electron chi connectivity index (χ3n) is 5.11. The van der Waals surface area contributed by atoms with Crippen LogP contribution in [0.2, 0.25) is 0 Å². The van der Waals surface area contributed by atoms with Crippen molar-refractivity contribution < 1.29 is 14.7 Å². The minimum Gasteiger partial charge on any atom is -0.465 e. The first-order chi connectivity index (χ1) is 13.2. The molecule has 1 aliphatic heterocycles. The van der Waals surface area contributed by atoms with E-state index in [2.05, 4.69) is 9.97 Å². The summed E-state index contributed by atoms with van der Waals surface area (Å²) in [5.74, 6) is 0.121. The van der Waals surface area contributed by atoms with Crippen molar-refractivity contribution >= 4 is 36.0 Å². The van der Waals surface area contributed by atoms with Crippen LogP contribution in [0.15, 0.2) is 30.6 Å². The second-order valence-corrected chi connectivity index (χ2v) is 7.38. The van der Waals surface area contributed by atoms with Crippen molar-refractivity contribution in [1.29, 1.82) is 0 Å². The van der Waals surface area contributed by atoms with Crippen LogP contribution in [-0.2, 0) is 4.79 Å². The SMILES string of the molecule is CC(=O)N1c2ccc(-c3cnc(N)nc3)cc2C(N(C(=O)O)C(C)C)CC1C.Cl. The van der Waals surface area contributed by atoms with E-state index in [-0.39, 0.29) is 42.4 Å². The quantitative estimate of drug-likeness (QED) is 0.783. The van der Waals surface area contributed by atoms with Crippen molar-refractivity contribution in [2.24, 2.45) is 0 Å². The van der Waals surface area contributed by atoms with Gasteiger partial charge in [-0.1, -0.05) is 6.07 Å². The molecule has 2 heterocycles. The second-order valence-electron chi connectivity index (χ2n) is 7.38. The number of nitrogens with two attached hydrogens (primary N) is 1. The number of carboxylic acid groups (broad SMARTS) is 1. The van der Waals surface area contributed by atoms with Gasteiger partial charge in [0, 0.05) is 42.7 Å². The van der Waals surface area contributed by atoms with Crippen LogP contribution in [-0.4, -0.2) is 44.1 Å². The van der Waals surface area contributed by atoms with Gasteiger partial charge in [0.15, 0.2) is 0 Å². The molecular weight excluding hydrogens is 394 g/mol. The Morgan fingerprint density at radius 1 is 1.24 bits per heavy atom. The number of amides is 2. The molecule has 29 heavy (non-hydrogen) atoms. The van der Waals surface area contributed by atoms with Crippen LogP contribution in [0, 0.1) is 0 Å². The van der Waals surface area contributed by atoms with Crippen LogP contribution in [0.5, 0.6) is 0 Å². The lowest BCUT2D eigenvalue weighted by molar-refractivity contribution is -0.117. The number of hydrogen-bond acceptors (Lipinski definition) is 5. The number of fused-ring (bicyclic) bond motifs is 1. The van der Waals surface area contributed by atoms with Crippen molar-refractivity contribution in [3.63, 3.8) is 0 Å². The van der Waals surface area contributed by atoms with Gasteiger partial charge in [-0.25, -0.2) is 14.8 Å². The van der Waals surface area contributed by atoms with Crippen molar-refractivity contribution in [2.45, 2.75) is 52.2 Å². The highest BCUT2D eigenvalue weighted by molar-refractivity contribution is 5.94. The molecule has 0 saturated heterocycles. The maximum atomic E-state index is 12.3. The van der Waals surface area contributed by atoms with Crippen molar-refractivity contribution in [3.05, 3.63) is 36.2 Å². The van der Waals surface area contributed by atoms with E-state index in [4.69, 9.17) is 5.73 Å². The standard InChI is InChI=1S/C20H25N5O3.ClH/c1-11(2)24(20(27)28)18-7-12(3)25(13(4)26)17-6-5-14(8-16(17)18)15-9-22-19(21)23-10-15;/h5-6,8-12,18H,7H2,1-4H3,(H,27,28)(H2,21,22,23);1H. The number of nitrogen functional groups attached to an aromatic ring is 1. The molecule has 0 saturated carbocycles. The molecule has 9 heteroatoms. The third-order valence-corrected chi connectivity index (χ3v) is 5.11. The molecule has 2 amide bonds. The van der Waals surface area contributed by atoms with Gasteiger partial charge in [0.05, 0.1) is 6.04 Å². The van der Waals surface area contributed by atoms with Gasteiger partial charge >= 0.3 is 6.09 Å². The zero-order valence-electron chi connectivity index (χ0n) is 16.9. The van der Waals surface area contributed by atoms with Crippen LogP contribution < -0.4 is 10.6 Å². The van der Waals surface area contributed by atoms with E-state index in [1.54, 1.807) is 17.3 Å². The van der Waals surface area contributed by atoms with Crippen LogP contribution in [0.1, 0.15) is 45.7 Å². The lowest BCUT2D eigenvalue weighted by atomic mass is 9.88. The molecular formula is C20H26ClN5O3. The average Bonchev–Trinajstić information content (AvgIpc) is 2.61. The fourth-order valence-electron chi connectivity index (χ4n) is 3.96. The first-order valence-electron chi connectivity index (χ1n) is 9.23. The molecule has 1 aromatic heterocycles. The van der Waals surface area contributed by atoms with Crippen molar-refractivity contribution in [3.8, 4) is 11.1 Å². The number of aromatic nitrogens is 2. The average molecular weight is 420 g/mol. The van der Waals surface area contributed by atoms with E-state index >= 15 is 0 Å². The maximum Gasteiger partial charge on any atom is 0.408 e. The predicted octanol–water partition coefficient (Wildman–Crippen LogP) is 3.72. The summed E-state index contributed by atoms with van der Waals surface area (Å²) < 4.78 is 0. The number of halogens is 1. The summed E-state index contributed by atoms with van der Waals surface area (Å²) in [4.78, 5) is 35.5. The summed E-state index contributed by atoms with van der Waals surface area (Å²) in [5, 5.41) is 9.81. The summed E-state index contributed by atoms with van der Waals surface area (Å²) in [6.45, 7) is 7.18. The molecule has 3 rings (SSSR count). The maximum absolute atomic E-state index is 12.3. The van der Waals surface area contributed by atoms with E-state index in [9.17, 15) is 14.7 Å². The highest BCUT2D eigenvalue weighted by atomic mass is 35.5. The molecule has 0 aliphatic carbocycles. The van der Waals surface area contributed by atoms with E-state index in [1.807, 2.05) is 39.0 Å². The van der Waals surface area contributed by atoms with Gasteiger partial charge in [-0.2, -0.15) is 0 Å². The van der Waals surface area contributed by atoms with Crippen molar-refractivity contribution in [2.75, 3.05) is 10.6 Å². The Morgan fingerprint density at radius 3 is 2.38 bits per heavy atom. The minimum absolute atomic E-state index is 0. The Kier molecular flexibility index (Phi) is 6.69. The molecule has 2 atom stereocenters. The molecule has 8 nitrogen and oxygen atoms in total. The fraction of sp³-hybridized carbons (Fsp3) is 0.400. The van der Waals surface area contributed by atoms with Gasteiger partial charge < -0.3 is 15.7 Å². The molecule has 1 aromatic carbocycles. The van der Waals surface area contributed by atoms with Crippen LogP contribution >= 0.6 is 12.4 Å². The van der Waals surface area contributed by atoms with Crippen LogP contribution in [0.3, 0.4) is 0 Å². The molecule has 156 valence electrons. The van der Waals surface area contributed by atoms with Gasteiger partial charge in [0.2, 0.25) is 11.9 Å². The van der Waals surface area contributed by atoms with Crippen LogP contribution in [0.25, 0.3) is 11.1 Å². The van der Waals surface area contributed by atoms with E-state index < -0.39 is 6.09 Å². The lowest BCUT2D eigenvalue weighted by Gasteiger charge is -2.43. The van der Waals surface area contributed by atoms with E-state index in [1.165, 1.54) is 11.8 Å². The topological polar surface area (TPSA) is 113 Å². The Morgan fingerprint density at radius 2 is 1.86 bits per heavy atom. The van der Waals surface area contributed by atoms with Crippen LogP contribution in [0.4, 0.5) is 16.4 Å². The number of rotatable bonds is 3. The van der Waals surface area contributed by atoms with Gasteiger partial charge in [-0.05, 0) is 50.5 Å². The lowest BCUT2D eigenvalue weighted by Crippen LogP contribution is -2.48. The zero-order valence-corrected chi connectivity index (χ0v) is 17.7. The highest BCUT2D eigenvalue weighted by Crippen LogP contribution is 2.43. The van der Waals surface area contributed by atoms with Crippen molar-refractivity contribution in [1.82, 2.24) is 14.9 Å². The molecule has 0 bridgehead atoms. The van der Waals surface area contributed by atoms with Gasteiger partial charge in [-0.3, -0.25) is 9.69 Å². The molecule has 0 spiro atoms. The molecule has 0 radical (unpaired) electrons. The summed E-state index contributed by atoms with van der Waals surface area (Å²) >= 11 is 0. The largest absolute Gasteiger partial charge is 0.465 e. The highest BCUT2D eigenvalue weighted by Gasteiger charge is 2.38. The monoisotopic (exact) mass is 419 g/mol. The number of carbonyl (C=O) groups excluding carboxylic acids is 1. The summed E-state index contributed by atoms with van der Waals surface area (Å²) in [6.07, 6.45) is 2.81. The number of benzene rings is 1. The number of nitrogens with zero attached hydrogens (tertiary/aromatic N) is 4. The van der Waals surface area contributed by atoms with Gasteiger partial charge in [0.1, 0.15) is 0 Å². The summed E-state index contributed by atoms with van der Waals surface area (Å²) in [6, 6.07) is 5.02. The summed E-state index contributed by atoms with van der Waals surface area (Å²) in [7, 11) is 0. The van der Waals surface area contributed by atoms with E-state index in [0.29, 0.717) is 6.42 Å². The Bertz CT molecular complexity index is 903. The molecule has 1 aliphatic rings. The Hall–Kier alpha value is -2.87. The van der Waals surface area contributed by atoms with Gasteiger partial charge in [0.25, 0.3) is 0 Å². The Labute approximate surface area is 176 Å².